The first kappa shape index (κ1) is 12.9. The third kappa shape index (κ3) is 2.90. The number of halogens is 1. The Morgan fingerprint density at radius 1 is 1.42 bits per heavy atom. The molecule has 0 aromatic heterocycles. The van der Waals surface area contributed by atoms with Crippen LogP contribution in [0.2, 0.25) is 0 Å². The summed E-state index contributed by atoms with van der Waals surface area (Å²) in [7, 11) is 1.78. The summed E-state index contributed by atoms with van der Waals surface area (Å²) < 4.78 is 24.3. The zero-order valence-electron chi connectivity index (χ0n) is 11.2. The number of hydrogen-bond donors (Lipinski definition) is 1. The quantitative estimate of drug-likeness (QED) is 0.906. The first-order valence-corrected chi connectivity index (χ1v) is 6.96. The smallest absolute Gasteiger partial charge is 0.123 e. The Morgan fingerprint density at radius 3 is 3.11 bits per heavy atom. The Morgan fingerprint density at radius 2 is 2.32 bits per heavy atom. The number of rotatable bonds is 4. The SMILES string of the molecule is COC1CCC(NCC2Cc3cc(F)ccc3O2)C1. The Hall–Kier alpha value is -1.13. The van der Waals surface area contributed by atoms with Gasteiger partial charge in [-0.05, 0) is 37.5 Å². The average Bonchev–Trinajstić information content (AvgIpc) is 3.01. The predicted molar refractivity (Wildman–Crippen MR) is 71.0 cm³/mol. The normalized spacial score (nSPS) is 29.3. The largest absolute Gasteiger partial charge is 0.488 e. The molecule has 3 nitrogen and oxygen atoms in total. The summed E-state index contributed by atoms with van der Waals surface area (Å²) in [6.45, 7) is 0.817. The molecule has 104 valence electrons. The van der Waals surface area contributed by atoms with E-state index in [1.54, 1.807) is 19.2 Å². The molecule has 1 aromatic rings. The van der Waals surface area contributed by atoms with E-state index >= 15 is 0 Å². The van der Waals surface area contributed by atoms with Crippen LogP contribution in [-0.4, -0.2) is 31.9 Å². The van der Waals surface area contributed by atoms with Gasteiger partial charge in [0, 0.05) is 31.7 Å². The minimum absolute atomic E-state index is 0.124. The Labute approximate surface area is 113 Å². The van der Waals surface area contributed by atoms with Crippen LogP contribution in [0.4, 0.5) is 4.39 Å². The van der Waals surface area contributed by atoms with Crippen molar-refractivity contribution in [3.05, 3.63) is 29.6 Å². The summed E-state index contributed by atoms with van der Waals surface area (Å²) in [4.78, 5) is 0. The Kier molecular flexibility index (Phi) is 3.71. The molecule has 19 heavy (non-hydrogen) atoms. The highest BCUT2D eigenvalue weighted by molar-refractivity contribution is 5.37. The van der Waals surface area contributed by atoms with Gasteiger partial charge in [0.1, 0.15) is 17.7 Å². The van der Waals surface area contributed by atoms with Crippen molar-refractivity contribution in [1.82, 2.24) is 5.32 Å². The summed E-state index contributed by atoms with van der Waals surface area (Å²) in [5, 5.41) is 3.54. The molecule has 1 saturated carbocycles. The van der Waals surface area contributed by atoms with Gasteiger partial charge >= 0.3 is 0 Å². The molecule has 1 aromatic carbocycles. The van der Waals surface area contributed by atoms with Gasteiger partial charge in [-0.25, -0.2) is 4.39 Å². The molecule has 0 radical (unpaired) electrons. The fourth-order valence-corrected chi connectivity index (χ4v) is 3.04. The zero-order chi connectivity index (χ0) is 13.2. The van der Waals surface area contributed by atoms with Crippen molar-refractivity contribution in [3.63, 3.8) is 0 Å². The van der Waals surface area contributed by atoms with Gasteiger partial charge in [-0.3, -0.25) is 0 Å². The molecular weight excluding hydrogens is 245 g/mol. The molecule has 0 bridgehead atoms. The first-order valence-electron chi connectivity index (χ1n) is 6.96. The number of methoxy groups -OCH3 is 1. The Bertz CT molecular complexity index is 452. The van der Waals surface area contributed by atoms with Crippen LogP contribution in [0.1, 0.15) is 24.8 Å². The van der Waals surface area contributed by atoms with E-state index in [1.807, 2.05) is 0 Å². The lowest BCUT2D eigenvalue weighted by Gasteiger charge is -2.16. The average molecular weight is 265 g/mol. The fraction of sp³-hybridized carbons (Fsp3) is 0.600. The maximum absolute atomic E-state index is 13.1. The molecule has 4 heteroatoms. The van der Waals surface area contributed by atoms with Crippen LogP contribution in [0.5, 0.6) is 5.75 Å². The highest BCUT2D eigenvalue weighted by Crippen LogP contribution is 2.29. The third-order valence-electron chi connectivity index (χ3n) is 4.12. The second-order valence-corrected chi connectivity index (χ2v) is 5.47. The summed E-state index contributed by atoms with van der Waals surface area (Å²) in [6.07, 6.45) is 4.68. The van der Waals surface area contributed by atoms with E-state index in [-0.39, 0.29) is 11.9 Å². The molecular formula is C15H20FNO2. The van der Waals surface area contributed by atoms with E-state index in [9.17, 15) is 4.39 Å². The summed E-state index contributed by atoms with van der Waals surface area (Å²) in [5.74, 6) is 0.643. The van der Waals surface area contributed by atoms with E-state index in [2.05, 4.69) is 5.32 Å². The fourth-order valence-electron chi connectivity index (χ4n) is 3.04. The summed E-state index contributed by atoms with van der Waals surface area (Å²) >= 11 is 0. The highest BCUT2D eigenvalue weighted by Gasteiger charge is 2.27. The van der Waals surface area contributed by atoms with Gasteiger partial charge in [-0.15, -0.1) is 0 Å². The molecule has 0 saturated heterocycles. The zero-order valence-corrected chi connectivity index (χ0v) is 11.2. The van der Waals surface area contributed by atoms with Crippen LogP contribution in [0.3, 0.4) is 0 Å². The van der Waals surface area contributed by atoms with Crippen LogP contribution in [0.15, 0.2) is 18.2 Å². The van der Waals surface area contributed by atoms with Crippen molar-refractivity contribution in [1.29, 1.82) is 0 Å². The maximum Gasteiger partial charge on any atom is 0.123 e. The maximum atomic E-state index is 13.1. The van der Waals surface area contributed by atoms with E-state index in [0.717, 1.165) is 43.5 Å². The second-order valence-electron chi connectivity index (χ2n) is 5.47. The van der Waals surface area contributed by atoms with E-state index in [4.69, 9.17) is 9.47 Å². The topological polar surface area (TPSA) is 30.5 Å². The van der Waals surface area contributed by atoms with Crippen molar-refractivity contribution in [2.24, 2.45) is 0 Å². The van der Waals surface area contributed by atoms with Crippen LogP contribution in [0, 0.1) is 5.82 Å². The van der Waals surface area contributed by atoms with Crippen molar-refractivity contribution < 1.29 is 13.9 Å². The second kappa shape index (κ2) is 5.47. The molecule has 2 aliphatic rings. The molecule has 1 N–H and O–H groups in total. The lowest BCUT2D eigenvalue weighted by Crippen LogP contribution is -2.36. The molecule has 3 rings (SSSR count). The van der Waals surface area contributed by atoms with Crippen molar-refractivity contribution >= 4 is 0 Å². The van der Waals surface area contributed by atoms with Gasteiger partial charge in [0.15, 0.2) is 0 Å². The van der Waals surface area contributed by atoms with E-state index < -0.39 is 0 Å². The lowest BCUT2D eigenvalue weighted by molar-refractivity contribution is 0.106. The monoisotopic (exact) mass is 265 g/mol. The number of benzene rings is 1. The number of fused-ring (bicyclic) bond motifs is 1. The highest BCUT2D eigenvalue weighted by atomic mass is 19.1. The number of ether oxygens (including phenoxy) is 2. The predicted octanol–water partition coefficient (Wildman–Crippen LogP) is 2.29. The minimum Gasteiger partial charge on any atom is -0.488 e. The van der Waals surface area contributed by atoms with Crippen LogP contribution < -0.4 is 10.1 Å². The van der Waals surface area contributed by atoms with Gasteiger partial charge in [0.2, 0.25) is 0 Å². The van der Waals surface area contributed by atoms with E-state index in [0.29, 0.717) is 12.1 Å². The number of hydrogen-bond acceptors (Lipinski definition) is 3. The Balaban J connectivity index is 1.48. The molecule has 1 heterocycles. The van der Waals surface area contributed by atoms with Crippen molar-refractivity contribution in [2.45, 2.75) is 43.9 Å². The number of nitrogens with one attached hydrogen (secondary N) is 1. The van der Waals surface area contributed by atoms with Gasteiger partial charge in [-0.1, -0.05) is 0 Å². The van der Waals surface area contributed by atoms with Crippen LogP contribution in [-0.2, 0) is 11.2 Å². The van der Waals surface area contributed by atoms with Gasteiger partial charge in [0.25, 0.3) is 0 Å². The van der Waals surface area contributed by atoms with Crippen molar-refractivity contribution in [2.75, 3.05) is 13.7 Å². The lowest BCUT2D eigenvalue weighted by atomic mass is 10.1. The molecule has 3 unspecified atom stereocenters. The molecule has 0 amide bonds. The van der Waals surface area contributed by atoms with E-state index in [1.165, 1.54) is 6.07 Å². The molecule has 1 fully saturated rings. The van der Waals surface area contributed by atoms with Crippen LogP contribution in [0.25, 0.3) is 0 Å². The molecule has 3 atom stereocenters. The standard InChI is InChI=1S/C15H20FNO2/c1-18-13-4-3-12(8-13)17-9-14-7-10-6-11(16)2-5-15(10)19-14/h2,5-6,12-14,17H,3-4,7-9H2,1H3. The van der Waals surface area contributed by atoms with Gasteiger partial charge < -0.3 is 14.8 Å². The summed E-state index contributed by atoms with van der Waals surface area (Å²) in [6, 6.07) is 5.27. The van der Waals surface area contributed by atoms with Crippen molar-refractivity contribution in [3.8, 4) is 5.75 Å². The van der Waals surface area contributed by atoms with Crippen LogP contribution >= 0.6 is 0 Å². The molecule has 0 spiro atoms. The third-order valence-corrected chi connectivity index (χ3v) is 4.12. The van der Waals surface area contributed by atoms with Gasteiger partial charge in [0.05, 0.1) is 6.10 Å². The molecule has 1 aliphatic heterocycles. The van der Waals surface area contributed by atoms with Gasteiger partial charge in [-0.2, -0.15) is 0 Å². The minimum atomic E-state index is -0.185. The first-order chi connectivity index (χ1) is 9.24. The summed E-state index contributed by atoms with van der Waals surface area (Å²) in [5.41, 5.74) is 0.980. The molecule has 1 aliphatic carbocycles.